The molecule has 0 amide bonds. The molecule has 0 atom stereocenters. The number of aliphatic imine (C=N–C) groups is 1. The summed E-state index contributed by atoms with van der Waals surface area (Å²) in [6.07, 6.45) is 6.64. The van der Waals surface area contributed by atoms with Crippen molar-refractivity contribution in [2.24, 2.45) is 4.99 Å². The number of nitrogens with zero attached hydrogens (tertiary/aromatic N) is 3. The second-order valence-corrected chi connectivity index (χ2v) is 7.51. The van der Waals surface area contributed by atoms with Crippen LogP contribution in [0.5, 0.6) is 0 Å². The van der Waals surface area contributed by atoms with Crippen molar-refractivity contribution in [2.45, 2.75) is 25.8 Å². The molecule has 1 aliphatic heterocycles. The minimum Gasteiger partial charge on any atom is -0.389 e. The van der Waals surface area contributed by atoms with E-state index in [2.05, 4.69) is 46.1 Å². The maximum absolute atomic E-state index is 13.7. The second kappa shape index (κ2) is 10.9. The first-order valence-electron chi connectivity index (χ1n) is 9.64. The van der Waals surface area contributed by atoms with E-state index >= 15 is 0 Å². The number of piperazine rings is 1. The van der Waals surface area contributed by atoms with E-state index in [-0.39, 0.29) is 17.2 Å². The van der Waals surface area contributed by atoms with Crippen molar-refractivity contribution in [2.75, 3.05) is 46.3 Å². The van der Waals surface area contributed by atoms with Crippen molar-refractivity contribution in [1.29, 1.82) is 0 Å². The first kappa shape index (κ1) is 22.1. The molecule has 1 saturated heterocycles. The third kappa shape index (κ3) is 7.06. The molecule has 1 aliphatic rings. The zero-order valence-corrected chi connectivity index (χ0v) is 17.0. The standard InChI is InChI=1S/C22H30F2N4/c1-22(2,18-26-11-6-8-20(23)17-25-3)28-15-13-27(14-16-28)12-10-19-7-4-5-9-21(19)24/h4,6-8,11,17,26H,10,12-16,18H2,1-3H3. The third-order valence-corrected chi connectivity index (χ3v) is 5.01. The molecule has 28 heavy (non-hydrogen) atoms. The van der Waals surface area contributed by atoms with Crippen molar-refractivity contribution in [1.82, 2.24) is 15.1 Å². The van der Waals surface area contributed by atoms with Gasteiger partial charge >= 0.3 is 0 Å². The van der Waals surface area contributed by atoms with Gasteiger partial charge in [0.15, 0.2) is 5.82 Å². The van der Waals surface area contributed by atoms with Gasteiger partial charge in [0.2, 0.25) is 0 Å². The Hall–Kier alpha value is -2.23. The fourth-order valence-corrected chi connectivity index (χ4v) is 3.24. The van der Waals surface area contributed by atoms with Gasteiger partial charge in [-0.3, -0.25) is 9.89 Å². The van der Waals surface area contributed by atoms with E-state index in [1.54, 1.807) is 24.4 Å². The minimum atomic E-state index is -0.373. The van der Waals surface area contributed by atoms with E-state index < -0.39 is 0 Å². The van der Waals surface area contributed by atoms with Crippen molar-refractivity contribution >= 4 is 6.21 Å². The largest absolute Gasteiger partial charge is 0.389 e. The summed E-state index contributed by atoms with van der Waals surface area (Å²) in [7, 11) is 1.54. The molecular formula is C22H30F2N4. The number of hydrogen-bond acceptors (Lipinski definition) is 4. The van der Waals surface area contributed by atoms with Gasteiger partial charge in [0, 0.05) is 51.9 Å². The van der Waals surface area contributed by atoms with Gasteiger partial charge in [-0.1, -0.05) is 6.07 Å². The van der Waals surface area contributed by atoms with Crippen LogP contribution in [0.4, 0.5) is 8.78 Å². The minimum absolute atomic E-state index is 0.0140. The molecular weight excluding hydrogens is 358 g/mol. The Morgan fingerprint density at radius 2 is 2.07 bits per heavy atom. The zero-order chi connectivity index (χ0) is 20.4. The summed E-state index contributed by atoms with van der Waals surface area (Å²) in [4.78, 5) is 8.45. The molecule has 0 radical (unpaired) electrons. The average Bonchev–Trinajstić information content (AvgIpc) is 2.67. The Morgan fingerprint density at radius 3 is 2.75 bits per heavy atom. The van der Waals surface area contributed by atoms with Gasteiger partial charge in [-0.2, -0.15) is 4.39 Å². The molecule has 1 N–H and O–H groups in total. The number of rotatable bonds is 9. The highest BCUT2D eigenvalue weighted by atomic mass is 19.1. The summed E-state index contributed by atoms with van der Waals surface area (Å²) in [6, 6.07) is 8.62. The van der Waals surface area contributed by atoms with Crippen LogP contribution in [0.15, 0.2) is 41.3 Å². The van der Waals surface area contributed by atoms with Gasteiger partial charge < -0.3 is 10.2 Å². The van der Waals surface area contributed by atoms with Crippen LogP contribution in [-0.4, -0.2) is 67.9 Å². The Morgan fingerprint density at radius 1 is 1.32 bits per heavy atom. The van der Waals surface area contributed by atoms with Crippen LogP contribution in [0.25, 0.3) is 0 Å². The molecule has 0 bridgehead atoms. The molecule has 6 heteroatoms. The smallest absolute Gasteiger partial charge is 0.176 e. The fraction of sp³-hybridized carbons (Fsp3) is 0.500. The topological polar surface area (TPSA) is 30.9 Å². The summed E-state index contributed by atoms with van der Waals surface area (Å²) in [5, 5.41) is 3.24. The number of halogens is 2. The van der Waals surface area contributed by atoms with Crippen molar-refractivity contribution < 1.29 is 8.78 Å². The summed E-state index contributed by atoms with van der Waals surface area (Å²) in [5.74, 6) is -0.666. The summed E-state index contributed by atoms with van der Waals surface area (Å²) < 4.78 is 26.8. The molecule has 1 aromatic carbocycles. The lowest BCUT2D eigenvalue weighted by Crippen LogP contribution is -2.57. The Labute approximate surface area is 167 Å². The SMILES string of the molecule is CN=CC(F)=CC=CNCC(C)(C)N1CCN(CCc2ccc#cc2F)CC1. The monoisotopic (exact) mass is 388 g/mol. The van der Waals surface area contributed by atoms with Crippen LogP contribution >= 0.6 is 0 Å². The van der Waals surface area contributed by atoms with Crippen LogP contribution in [0, 0.1) is 17.9 Å². The molecule has 0 aliphatic carbocycles. The second-order valence-electron chi connectivity index (χ2n) is 7.51. The molecule has 2 rings (SSSR count). The van der Waals surface area contributed by atoms with Crippen molar-refractivity contribution in [3.8, 4) is 0 Å². The molecule has 1 fully saturated rings. The highest BCUT2D eigenvalue weighted by Gasteiger charge is 2.29. The number of allylic oxidation sites excluding steroid dienone is 3. The first-order valence-corrected chi connectivity index (χ1v) is 9.64. The van der Waals surface area contributed by atoms with Gasteiger partial charge in [0.1, 0.15) is 5.83 Å². The molecule has 1 aromatic rings. The van der Waals surface area contributed by atoms with Crippen LogP contribution < -0.4 is 5.32 Å². The number of hydrogen-bond donors (Lipinski definition) is 1. The van der Waals surface area contributed by atoms with E-state index in [1.165, 1.54) is 19.3 Å². The number of nitrogens with one attached hydrogen (secondary N) is 1. The van der Waals surface area contributed by atoms with Crippen molar-refractivity contribution in [3.05, 3.63) is 59.8 Å². The van der Waals surface area contributed by atoms with Gasteiger partial charge in [0.05, 0.1) is 6.21 Å². The summed E-state index contributed by atoms with van der Waals surface area (Å²) >= 11 is 0. The van der Waals surface area contributed by atoms with Gasteiger partial charge in [0.25, 0.3) is 0 Å². The average molecular weight is 389 g/mol. The van der Waals surface area contributed by atoms with Gasteiger partial charge in [-0.25, -0.2) is 4.39 Å². The van der Waals surface area contributed by atoms with E-state index in [0.29, 0.717) is 12.0 Å². The maximum Gasteiger partial charge on any atom is 0.176 e. The van der Waals surface area contributed by atoms with Gasteiger partial charge in [-0.15, -0.1) is 0 Å². The van der Waals surface area contributed by atoms with E-state index in [9.17, 15) is 8.78 Å². The van der Waals surface area contributed by atoms with E-state index in [4.69, 9.17) is 0 Å². The molecule has 0 saturated carbocycles. The third-order valence-electron chi connectivity index (χ3n) is 5.01. The lowest BCUT2D eigenvalue weighted by Gasteiger charge is -2.44. The molecule has 0 aromatic heterocycles. The Balaban J connectivity index is 1.72. The van der Waals surface area contributed by atoms with Crippen LogP contribution in [-0.2, 0) is 6.42 Å². The normalized spacial score (nSPS) is 17.4. The summed E-state index contributed by atoms with van der Waals surface area (Å²) in [6.45, 7) is 9.89. The maximum atomic E-state index is 13.7. The molecule has 1 heterocycles. The molecule has 0 unspecified atom stereocenters. The Kier molecular flexibility index (Phi) is 8.62. The highest BCUT2D eigenvalue weighted by Crippen LogP contribution is 2.17. The molecule has 0 spiro atoms. The quantitative estimate of drug-likeness (QED) is 0.521. The first-order chi connectivity index (χ1) is 13.4. The van der Waals surface area contributed by atoms with Gasteiger partial charge in [-0.05, 0) is 62.4 Å². The molecule has 152 valence electrons. The van der Waals surface area contributed by atoms with E-state index in [1.807, 2.05) is 0 Å². The Bertz CT molecular complexity index is 690. The highest BCUT2D eigenvalue weighted by molar-refractivity contribution is 5.75. The molecule has 4 nitrogen and oxygen atoms in total. The van der Waals surface area contributed by atoms with Crippen LogP contribution in [0.1, 0.15) is 19.4 Å². The summed E-state index contributed by atoms with van der Waals surface area (Å²) in [5.41, 5.74) is 0.688. The van der Waals surface area contributed by atoms with Crippen molar-refractivity contribution in [3.63, 3.8) is 0 Å². The fourth-order valence-electron chi connectivity index (χ4n) is 3.24. The predicted molar refractivity (Wildman–Crippen MR) is 111 cm³/mol. The zero-order valence-electron chi connectivity index (χ0n) is 17.0. The predicted octanol–water partition coefficient (Wildman–Crippen LogP) is 3.02. The lowest BCUT2D eigenvalue weighted by atomic mass is 10.0. The van der Waals surface area contributed by atoms with E-state index in [0.717, 1.165) is 39.3 Å². The van der Waals surface area contributed by atoms with Crippen LogP contribution in [0.3, 0.4) is 0 Å². The lowest BCUT2D eigenvalue weighted by molar-refractivity contribution is 0.0542. The van der Waals surface area contributed by atoms with Crippen LogP contribution in [0.2, 0.25) is 0 Å².